The second-order valence-corrected chi connectivity index (χ2v) is 3.87. The number of nitrogens with zero attached hydrogens (tertiary/aromatic N) is 1. The Morgan fingerprint density at radius 2 is 2.17 bits per heavy atom. The summed E-state index contributed by atoms with van der Waals surface area (Å²) in [6.45, 7) is 1.85. The van der Waals surface area contributed by atoms with Crippen LogP contribution >= 0.6 is 15.9 Å². The van der Waals surface area contributed by atoms with Crippen LogP contribution in [0.5, 0.6) is 5.75 Å². The van der Waals surface area contributed by atoms with E-state index in [1.54, 1.807) is 6.92 Å². The van der Waals surface area contributed by atoms with Gasteiger partial charge in [0.1, 0.15) is 5.56 Å². The Hall–Kier alpha value is -1.63. The monoisotopic (exact) mass is 317 g/mol. The molecule has 0 spiro atoms. The van der Waals surface area contributed by atoms with E-state index in [1.165, 1.54) is 19.2 Å². The van der Waals surface area contributed by atoms with Crippen molar-refractivity contribution < 1.29 is 19.2 Å². The van der Waals surface area contributed by atoms with Crippen LogP contribution in [0.15, 0.2) is 12.1 Å². The number of nitro benzene ring substituents is 1. The van der Waals surface area contributed by atoms with Crippen LogP contribution in [0.4, 0.5) is 5.69 Å². The molecular weight excluding hydrogens is 306 g/mol. The number of alkyl halides is 1. The van der Waals surface area contributed by atoms with Gasteiger partial charge in [0.15, 0.2) is 0 Å². The molecule has 0 heterocycles. The zero-order valence-corrected chi connectivity index (χ0v) is 11.5. The SMILES string of the molecule is CCOC(=O)c1cc(CBr)cc([N+](=O)[O-])c1OC. The van der Waals surface area contributed by atoms with Gasteiger partial charge in [-0.05, 0) is 18.6 Å². The maximum absolute atomic E-state index is 11.7. The molecular formula is C11H12BrNO5. The normalized spacial score (nSPS) is 9.94. The molecule has 0 fully saturated rings. The summed E-state index contributed by atoms with van der Waals surface area (Å²) >= 11 is 3.19. The molecule has 0 aliphatic carbocycles. The van der Waals surface area contributed by atoms with Crippen molar-refractivity contribution >= 4 is 27.6 Å². The van der Waals surface area contributed by atoms with Crippen molar-refractivity contribution in [2.24, 2.45) is 0 Å². The Bertz CT molecular complexity index is 475. The molecule has 7 heteroatoms. The standard InChI is InChI=1S/C11H12BrNO5/c1-3-18-11(14)8-4-7(6-12)5-9(13(15)16)10(8)17-2/h4-5H,3,6H2,1-2H3. The molecule has 0 N–H and O–H groups in total. The Balaban J connectivity index is 3.42. The maximum Gasteiger partial charge on any atom is 0.342 e. The van der Waals surface area contributed by atoms with Gasteiger partial charge >= 0.3 is 11.7 Å². The molecule has 0 saturated heterocycles. The van der Waals surface area contributed by atoms with Crippen molar-refractivity contribution in [3.8, 4) is 5.75 Å². The minimum absolute atomic E-state index is 0.0583. The van der Waals surface area contributed by atoms with Crippen LogP contribution in [0.3, 0.4) is 0 Å². The highest BCUT2D eigenvalue weighted by Crippen LogP contribution is 2.33. The lowest BCUT2D eigenvalue weighted by atomic mass is 10.1. The lowest BCUT2D eigenvalue weighted by Crippen LogP contribution is -2.09. The first kappa shape index (κ1) is 14.4. The number of methoxy groups -OCH3 is 1. The van der Waals surface area contributed by atoms with Gasteiger partial charge in [0.25, 0.3) is 0 Å². The molecule has 0 aliphatic heterocycles. The molecule has 0 atom stereocenters. The van der Waals surface area contributed by atoms with Gasteiger partial charge in [0.05, 0.1) is 18.6 Å². The number of ether oxygens (including phenoxy) is 2. The predicted octanol–water partition coefficient (Wildman–Crippen LogP) is 2.68. The fourth-order valence-corrected chi connectivity index (χ4v) is 1.78. The quantitative estimate of drug-likeness (QED) is 0.361. The molecule has 98 valence electrons. The summed E-state index contributed by atoms with van der Waals surface area (Å²) in [6, 6.07) is 2.87. The van der Waals surface area contributed by atoms with Crippen molar-refractivity contribution in [2.45, 2.75) is 12.3 Å². The van der Waals surface area contributed by atoms with Gasteiger partial charge < -0.3 is 9.47 Å². The summed E-state index contributed by atoms with van der Waals surface area (Å²) in [7, 11) is 1.28. The van der Waals surface area contributed by atoms with Gasteiger partial charge in [-0.15, -0.1) is 0 Å². The number of hydrogen-bond acceptors (Lipinski definition) is 5. The Morgan fingerprint density at radius 1 is 1.50 bits per heavy atom. The minimum Gasteiger partial charge on any atom is -0.490 e. The van der Waals surface area contributed by atoms with E-state index in [0.29, 0.717) is 10.9 Å². The first-order valence-corrected chi connectivity index (χ1v) is 6.25. The number of hydrogen-bond donors (Lipinski definition) is 0. The van der Waals surface area contributed by atoms with E-state index in [1.807, 2.05) is 0 Å². The van der Waals surface area contributed by atoms with E-state index >= 15 is 0 Å². The van der Waals surface area contributed by atoms with E-state index < -0.39 is 10.9 Å². The van der Waals surface area contributed by atoms with E-state index in [4.69, 9.17) is 9.47 Å². The highest BCUT2D eigenvalue weighted by atomic mass is 79.9. The average Bonchev–Trinajstić information content (AvgIpc) is 2.37. The van der Waals surface area contributed by atoms with Crippen LogP contribution in [0, 0.1) is 10.1 Å². The van der Waals surface area contributed by atoms with Gasteiger partial charge in [-0.1, -0.05) is 15.9 Å². The number of esters is 1. The van der Waals surface area contributed by atoms with Crippen LogP contribution < -0.4 is 4.74 Å². The number of rotatable bonds is 5. The Labute approximate surface area is 112 Å². The number of carbonyl (C=O) groups excluding carboxylic acids is 1. The van der Waals surface area contributed by atoms with Crippen molar-refractivity contribution in [2.75, 3.05) is 13.7 Å². The molecule has 6 nitrogen and oxygen atoms in total. The summed E-state index contributed by atoms with van der Waals surface area (Å²) in [5.74, 6) is -0.719. The second kappa shape index (κ2) is 6.34. The molecule has 0 amide bonds. The highest BCUT2D eigenvalue weighted by molar-refractivity contribution is 9.08. The molecule has 1 rings (SSSR count). The summed E-state index contributed by atoms with van der Waals surface area (Å²) in [4.78, 5) is 22.1. The molecule has 1 aromatic carbocycles. The van der Waals surface area contributed by atoms with E-state index in [2.05, 4.69) is 15.9 Å². The first-order valence-electron chi connectivity index (χ1n) is 5.13. The van der Waals surface area contributed by atoms with Gasteiger partial charge in [-0.3, -0.25) is 10.1 Å². The topological polar surface area (TPSA) is 78.7 Å². The third-order valence-corrected chi connectivity index (χ3v) is 2.83. The number of carbonyl (C=O) groups is 1. The van der Waals surface area contributed by atoms with E-state index in [-0.39, 0.29) is 23.6 Å². The minimum atomic E-state index is -0.639. The summed E-state index contributed by atoms with van der Waals surface area (Å²) in [5, 5.41) is 11.3. The number of nitro groups is 1. The van der Waals surface area contributed by atoms with Crippen LogP contribution in [0.25, 0.3) is 0 Å². The molecule has 0 radical (unpaired) electrons. The Kier molecular flexibility index (Phi) is 5.08. The van der Waals surface area contributed by atoms with E-state index in [9.17, 15) is 14.9 Å². The largest absolute Gasteiger partial charge is 0.490 e. The molecule has 0 aliphatic rings. The van der Waals surface area contributed by atoms with Crippen molar-refractivity contribution in [1.29, 1.82) is 0 Å². The van der Waals surface area contributed by atoms with Gasteiger partial charge in [0, 0.05) is 11.4 Å². The smallest absolute Gasteiger partial charge is 0.342 e. The molecule has 18 heavy (non-hydrogen) atoms. The number of halogens is 1. The summed E-state index contributed by atoms with van der Waals surface area (Å²) < 4.78 is 9.79. The zero-order valence-electron chi connectivity index (χ0n) is 9.94. The van der Waals surface area contributed by atoms with Crippen LogP contribution in [0.2, 0.25) is 0 Å². The van der Waals surface area contributed by atoms with Crippen molar-refractivity contribution in [3.05, 3.63) is 33.4 Å². The number of benzene rings is 1. The maximum atomic E-state index is 11.7. The van der Waals surface area contributed by atoms with Crippen molar-refractivity contribution in [1.82, 2.24) is 0 Å². The summed E-state index contributed by atoms with van der Waals surface area (Å²) in [5.41, 5.74) is 0.408. The molecule has 0 bridgehead atoms. The van der Waals surface area contributed by atoms with Crippen molar-refractivity contribution in [3.63, 3.8) is 0 Å². The molecule has 1 aromatic rings. The predicted molar refractivity (Wildman–Crippen MR) is 68.2 cm³/mol. The fraction of sp³-hybridized carbons (Fsp3) is 0.364. The van der Waals surface area contributed by atoms with Gasteiger partial charge in [-0.25, -0.2) is 4.79 Å². The molecule has 0 aromatic heterocycles. The van der Waals surface area contributed by atoms with Gasteiger partial charge in [-0.2, -0.15) is 0 Å². The van der Waals surface area contributed by atoms with Gasteiger partial charge in [0.2, 0.25) is 5.75 Å². The molecule has 0 saturated carbocycles. The fourth-order valence-electron chi connectivity index (χ4n) is 1.46. The average molecular weight is 318 g/mol. The van der Waals surface area contributed by atoms with E-state index in [0.717, 1.165) is 0 Å². The lowest BCUT2D eigenvalue weighted by molar-refractivity contribution is -0.385. The lowest BCUT2D eigenvalue weighted by Gasteiger charge is -2.09. The highest BCUT2D eigenvalue weighted by Gasteiger charge is 2.25. The first-order chi connectivity index (χ1) is 8.54. The van der Waals surface area contributed by atoms with Crippen LogP contribution in [0.1, 0.15) is 22.8 Å². The van der Waals surface area contributed by atoms with Crippen LogP contribution in [-0.4, -0.2) is 24.6 Å². The zero-order chi connectivity index (χ0) is 13.7. The second-order valence-electron chi connectivity index (χ2n) is 3.31. The third kappa shape index (κ3) is 2.98. The van der Waals surface area contributed by atoms with Crippen LogP contribution in [-0.2, 0) is 10.1 Å². The third-order valence-electron chi connectivity index (χ3n) is 2.18. The summed E-state index contributed by atoms with van der Waals surface area (Å²) in [6.07, 6.45) is 0. The Morgan fingerprint density at radius 3 is 2.61 bits per heavy atom. The molecule has 0 unspecified atom stereocenters.